The van der Waals surface area contributed by atoms with Crippen molar-refractivity contribution in [3.8, 4) is 0 Å². The molecule has 0 spiro atoms. The van der Waals surface area contributed by atoms with Gasteiger partial charge in [-0.15, -0.1) is 0 Å². The normalized spacial score (nSPS) is 10.7. The summed E-state index contributed by atoms with van der Waals surface area (Å²) in [5, 5.41) is 0. The van der Waals surface area contributed by atoms with Crippen molar-refractivity contribution in [2.45, 2.75) is 122 Å². The van der Waals surface area contributed by atoms with Gasteiger partial charge in [0.05, 0.1) is 6.61 Å². The molecule has 0 aliphatic heterocycles. The van der Waals surface area contributed by atoms with Crippen molar-refractivity contribution in [3.05, 3.63) is 0 Å². The first-order valence-corrected chi connectivity index (χ1v) is 11.4. The first-order chi connectivity index (χ1) is 13.2. The Morgan fingerprint density at radius 2 is 1.11 bits per heavy atom. The quantitative estimate of drug-likeness (QED) is 0.0946. The number of unbranched alkanes of at least 4 members (excludes halogenated alkanes) is 14. The molecule has 0 radical (unpaired) electrons. The molecular weight excluding hydrogens is 340 g/mol. The molecule has 0 rings (SSSR count). The average Bonchev–Trinajstić information content (AvgIpc) is 2.68. The summed E-state index contributed by atoms with van der Waals surface area (Å²) in [6.07, 6.45) is 21.1. The third-order valence-electron chi connectivity index (χ3n) is 4.96. The van der Waals surface area contributed by atoms with Gasteiger partial charge in [0.15, 0.2) is 0 Å². The number of carbonyl (C=O) groups excluding carboxylic acids is 2. The maximum atomic E-state index is 11.5. The summed E-state index contributed by atoms with van der Waals surface area (Å²) in [6, 6.07) is 0. The van der Waals surface area contributed by atoms with Crippen LogP contribution in [0.4, 0.5) is 0 Å². The zero-order chi connectivity index (χ0) is 20.0. The molecule has 0 fully saturated rings. The van der Waals surface area contributed by atoms with Gasteiger partial charge in [0.25, 0.3) is 0 Å². The maximum Gasteiger partial charge on any atom is 0.305 e. The van der Waals surface area contributed by atoms with Crippen LogP contribution in [0.15, 0.2) is 0 Å². The van der Waals surface area contributed by atoms with Crippen molar-refractivity contribution in [1.82, 2.24) is 5.43 Å². The molecule has 27 heavy (non-hydrogen) atoms. The summed E-state index contributed by atoms with van der Waals surface area (Å²) in [6.45, 7) is 2.56. The summed E-state index contributed by atoms with van der Waals surface area (Å²) in [4.78, 5) is 22.5. The minimum Gasteiger partial charge on any atom is -0.466 e. The topological polar surface area (TPSA) is 81.4 Å². The highest BCUT2D eigenvalue weighted by Gasteiger charge is 2.04. The molecule has 0 bridgehead atoms. The Kier molecular flexibility index (Phi) is 20.3. The van der Waals surface area contributed by atoms with E-state index in [1.165, 1.54) is 83.5 Å². The smallest absolute Gasteiger partial charge is 0.305 e. The van der Waals surface area contributed by atoms with Crippen LogP contribution in [-0.4, -0.2) is 18.5 Å². The SMILES string of the molecule is CCCCCCCCCCCCCCCCCC(=O)OCCCC(=O)NN. The second-order valence-corrected chi connectivity index (χ2v) is 7.59. The number of carbonyl (C=O) groups is 2. The van der Waals surface area contributed by atoms with Gasteiger partial charge in [-0.05, 0) is 12.8 Å². The van der Waals surface area contributed by atoms with Crippen LogP contribution in [0.5, 0.6) is 0 Å². The van der Waals surface area contributed by atoms with E-state index >= 15 is 0 Å². The zero-order valence-corrected chi connectivity index (χ0v) is 17.7. The highest BCUT2D eigenvalue weighted by Crippen LogP contribution is 2.13. The molecule has 0 aromatic heterocycles. The molecular formula is C22H44N2O3. The highest BCUT2D eigenvalue weighted by molar-refractivity contribution is 5.75. The number of nitrogens with one attached hydrogen (secondary N) is 1. The largest absolute Gasteiger partial charge is 0.466 e. The molecule has 0 heterocycles. The average molecular weight is 385 g/mol. The van der Waals surface area contributed by atoms with Crippen LogP contribution >= 0.6 is 0 Å². The van der Waals surface area contributed by atoms with Gasteiger partial charge in [0.1, 0.15) is 0 Å². The van der Waals surface area contributed by atoms with Gasteiger partial charge in [0.2, 0.25) is 5.91 Å². The minimum atomic E-state index is -0.228. The van der Waals surface area contributed by atoms with Crippen molar-refractivity contribution < 1.29 is 14.3 Å². The zero-order valence-electron chi connectivity index (χ0n) is 17.7. The lowest BCUT2D eigenvalue weighted by molar-refractivity contribution is -0.144. The Morgan fingerprint density at radius 1 is 0.667 bits per heavy atom. The van der Waals surface area contributed by atoms with Gasteiger partial charge in [-0.1, -0.05) is 96.8 Å². The number of nitrogens with two attached hydrogens (primary N) is 1. The first kappa shape index (κ1) is 25.9. The number of hydrogen-bond acceptors (Lipinski definition) is 4. The molecule has 1 amide bonds. The Balaban J connectivity index is 3.15. The lowest BCUT2D eigenvalue weighted by Gasteiger charge is -2.05. The van der Waals surface area contributed by atoms with E-state index < -0.39 is 0 Å². The van der Waals surface area contributed by atoms with Crippen LogP contribution in [0.3, 0.4) is 0 Å². The maximum absolute atomic E-state index is 11.5. The van der Waals surface area contributed by atoms with Crippen molar-refractivity contribution in [1.29, 1.82) is 0 Å². The van der Waals surface area contributed by atoms with Gasteiger partial charge in [-0.3, -0.25) is 15.0 Å². The van der Waals surface area contributed by atoms with Gasteiger partial charge in [0, 0.05) is 12.8 Å². The summed E-state index contributed by atoms with van der Waals surface area (Å²) >= 11 is 0. The Labute approximate surface area is 167 Å². The lowest BCUT2D eigenvalue weighted by atomic mass is 10.0. The molecule has 0 aromatic carbocycles. The second-order valence-electron chi connectivity index (χ2n) is 7.59. The number of hydrogen-bond donors (Lipinski definition) is 2. The molecule has 0 saturated carbocycles. The van der Waals surface area contributed by atoms with Gasteiger partial charge >= 0.3 is 5.97 Å². The Morgan fingerprint density at radius 3 is 1.56 bits per heavy atom. The predicted molar refractivity (Wildman–Crippen MR) is 112 cm³/mol. The minimum absolute atomic E-state index is 0.155. The third kappa shape index (κ3) is 21.1. The van der Waals surface area contributed by atoms with E-state index in [2.05, 4.69) is 12.3 Å². The molecule has 3 N–H and O–H groups in total. The van der Waals surface area contributed by atoms with E-state index in [1.807, 2.05) is 0 Å². The molecule has 5 heteroatoms. The second kappa shape index (κ2) is 21.2. The van der Waals surface area contributed by atoms with E-state index in [4.69, 9.17) is 10.6 Å². The van der Waals surface area contributed by atoms with E-state index in [0.717, 1.165) is 12.8 Å². The molecule has 160 valence electrons. The predicted octanol–water partition coefficient (Wildman–Crippen LogP) is 5.56. The van der Waals surface area contributed by atoms with E-state index in [1.54, 1.807) is 0 Å². The number of ether oxygens (including phenoxy) is 1. The number of amides is 1. The van der Waals surface area contributed by atoms with Crippen LogP contribution < -0.4 is 11.3 Å². The fraction of sp³-hybridized carbons (Fsp3) is 0.909. The van der Waals surface area contributed by atoms with Gasteiger partial charge < -0.3 is 4.74 Å². The van der Waals surface area contributed by atoms with E-state index in [0.29, 0.717) is 25.9 Å². The van der Waals surface area contributed by atoms with Crippen LogP contribution in [0, 0.1) is 0 Å². The van der Waals surface area contributed by atoms with Crippen LogP contribution in [0.25, 0.3) is 0 Å². The van der Waals surface area contributed by atoms with Gasteiger partial charge in [-0.25, -0.2) is 5.84 Å². The molecule has 0 atom stereocenters. The number of rotatable bonds is 20. The number of esters is 1. The Hall–Kier alpha value is -1.10. The molecule has 5 nitrogen and oxygen atoms in total. The fourth-order valence-electron chi connectivity index (χ4n) is 3.20. The van der Waals surface area contributed by atoms with Crippen LogP contribution in [0.1, 0.15) is 122 Å². The van der Waals surface area contributed by atoms with Crippen molar-refractivity contribution in [2.24, 2.45) is 5.84 Å². The molecule has 0 saturated heterocycles. The molecule has 0 aromatic rings. The first-order valence-electron chi connectivity index (χ1n) is 11.4. The summed E-state index contributed by atoms with van der Waals surface area (Å²) in [7, 11) is 0. The highest BCUT2D eigenvalue weighted by atomic mass is 16.5. The molecule has 0 aliphatic rings. The number of hydrazine groups is 1. The van der Waals surface area contributed by atoms with Crippen LogP contribution in [-0.2, 0) is 14.3 Å². The monoisotopic (exact) mass is 384 g/mol. The molecule has 0 unspecified atom stereocenters. The van der Waals surface area contributed by atoms with Crippen molar-refractivity contribution in [3.63, 3.8) is 0 Å². The third-order valence-corrected chi connectivity index (χ3v) is 4.96. The van der Waals surface area contributed by atoms with Crippen molar-refractivity contribution in [2.75, 3.05) is 6.61 Å². The van der Waals surface area contributed by atoms with E-state index in [-0.39, 0.29) is 11.9 Å². The van der Waals surface area contributed by atoms with Gasteiger partial charge in [-0.2, -0.15) is 0 Å². The summed E-state index contributed by atoms with van der Waals surface area (Å²) in [5.74, 6) is 4.59. The standard InChI is InChI=1S/C22H44N2O3/c1-2-3-4-5-6-7-8-9-10-11-12-13-14-15-16-19-22(26)27-20-17-18-21(25)24-23/h2-20,23H2,1H3,(H,24,25). The lowest BCUT2D eigenvalue weighted by Crippen LogP contribution is -2.29. The van der Waals surface area contributed by atoms with E-state index in [9.17, 15) is 9.59 Å². The fourth-order valence-corrected chi connectivity index (χ4v) is 3.20. The molecule has 0 aliphatic carbocycles. The van der Waals surface area contributed by atoms with Crippen LogP contribution in [0.2, 0.25) is 0 Å². The Bertz CT molecular complexity index is 348. The summed E-state index contributed by atoms with van der Waals surface area (Å²) in [5.41, 5.74) is 2.06. The van der Waals surface area contributed by atoms with Crippen molar-refractivity contribution >= 4 is 11.9 Å². The summed E-state index contributed by atoms with van der Waals surface area (Å²) < 4.78 is 5.10.